The van der Waals surface area contributed by atoms with Gasteiger partial charge in [-0.3, -0.25) is 4.79 Å². The lowest BCUT2D eigenvalue weighted by molar-refractivity contribution is 0.102. The number of anilines is 1. The second-order valence-corrected chi connectivity index (χ2v) is 14.9. The monoisotopic (exact) mass is 594 g/mol. The van der Waals surface area contributed by atoms with E-state index >= 15 is 0 Å². The standard InChI is InChI=1S/C35H38N4OS2/c1-21-17-23(22(2)39(21)34-28(19-36)26-13-9-10-14-29(26)42-34)20-37-33-31(32(40)38-25-11-7-6-8-12-25)27-16-15-24(35(3,4)5)18-30(27)41-33/h6-8,11-12,17,20,24H,9-10,13-16,18H2,1-5H3,(H,38,40)/t24-/m1/s1. The second-order valence-electron chi connectivity index (χ2n) is 12.7. The molecule has 7 heteroatoms. The summed E-state index contributed by atoms with van der Waals surface area (Å²) in [6.45, 7) is 11.1. The zero-order chi connectivity index (χ0) is 29.6. The van der Waals surface area contributed by atoms with Crippen molar-refractivity contribution in [2.75, 3.05) is 5.32 Å². The molecule has 42 heavy (non-hydrogen) atoms. The molecule has 4 aromatic rings. The Bertz CT molecular complexity index is 1720. The number of nitrogens with one attached hydrogen (secondary N) is 1. The zero-order valence-corrected chi connectivity index (χ0v) is 26.8. The molecule has 2 aliphatic carbocycles. The van der Waals surface area contributed by atoms with Gasteiger partial charge in [0.25, 0.3) is 5.91 Å². The summed E-state index contributed by atoms with van der Waals surface area (Å²) < 4.78 is 2.22. The molecule has 3 heterocycles. The minimum absolute atomic E-state index is 0.0895. The third-order valence-electron chi connectivity index (χ3n) is 8.99. The highest BCUT2D eigenvalue weighted by Crippen LogP contribution is 2.45. The Kier molecular flexibility index (Phi) is 7.72. The van der Waals surface area contributed by atoms with Crippen LogP contribution < -0.4 is 5.32 Å². The van der Waals surface area contributed by atoms with Crippen LogP contribution in [0.4, 0.5) is 10.7 Å². The first-order valence-electron chi connectivity index (χ1n) is 14.9. The van der Waals surface area contributed by atoms with Crippen molar-refractivity contribution in [3.8, 4) is 11.1 Å². The molecule has 0 spiro atoms. The Balaban J connectivity index is 1.38. The summed E-state index contributed by atoms with van der Waals surface area (Å²) in [5, 5.41) is 15.0. The van der Waals surface area contributed by atoms with Crippen LogP contribution in [0.2, 0.25) is 0 Å². The lowest BCUT2D eigenvalue weighted by Gasteiger charge is -2.33. The fraction of sp³-hybridized carbons (Fsp3) is 0.400. The van der Waals surface area contributed by atoms with Gasteiger partial charge in [0.15, 0.2) is 0 Å². The number of thiophene rings is 2. The van der Waals surface area contributed by atoms with Gasteiger partial charge in [-0.15, -0.1) is 22.7 Å². The number of hydrogen-bond donors (Lipinski definition) is 1. The number of carbonyl (C=O) groups excluding carboxylic acids is 1. The average molecular weight is 595 g/mol. The maximum Gasteiger partial charge on any atom is 0.259 e. The van der Waals surface area contributed by atoms with E-state index in [9.17, 15) is 10.1 Å². The van der Waals surface area contributed by atoms with Gasteiger partial charge in [-0.1, -0.05) is 39.0 Å². The van der Waals surface area contributed by atoms with Gasteiger partial charge in [0.1, 0.15) is 16.1 Å². The average Bonchev–Trinajstić information content (AvgIpc) is 3.61. The van der Waals surface area contributed by atoms with Gasteiger partial charge < -0.3 is 9.88 Å². The molecule has 0 fully saturated rings. The number of nitrogens with zero attached hydrogens (tertiary/aromatic N) is 3. The van der Waals surface area contributed by atoms with Crippen molar-refractivity contribution < 1.29 is 4.79 Å². The van der Waals surface area contributed by atoms with Gasteiger partial charge in [0.2, 0.25) is 0 Å². The number of rotatable bonds is 5. The quantitative estimate of drug-likeness (QED) is 0.234. The van der Waals surface area contributed by atoms with Crippen LogP contribution in [0.1, 0.15) is 93.8 Å². The van der Waals surface area contributed by atoms with Crippen molar-refractivity contribution in [3.63, 3.8) is 0 Å². The maximum absolute atomic E-state index is 13.7. The Hall–Kier alpha value is -3.47. The number of para-hydroxylation sites is 1. The molecule has 1 N–H and O–H groups in total. The summed E-state index contributed by atoms with van der Waals surface area (Å²) in [4.78, 5) is 21.4. The fourth-order valence-corrected chi connectivity index (χ4v) is 9.25. The molecule has 1 atom stereocenters. The van der Waals surface area contributed by atoms with Crippen molar-refractivity contribution in [1.82, 2.24) is 4.57 Å². The highest BCUT2D eigenvalue weighted by molar-refractivity contribution is 7.16. The molecule has 216 valence electrons. The highest BCUT2D eigenvalue weighted by Gasteiger charge is 2.34. The van der Waals surface area contributed by atoms with Gasteiger partial charge in [0.05, 0.1) is 11.1 Å². The molecule has 2 aliphatic rings. The Morgan fingerprint density at radius 1 is 1.07 bits per heavy atom. The van der Waals surface area contributed by atoms with Gasteiger partial charge in [-0.25, -0.2) is 4.99 Å². The predicted molar refractivity (Wildman–Crippen MR) is 175 cm³/mol. The van der Waals surface area contributed by atoms with Crippen LogP contribution in [0.15, 0.2) is 41.4 Å². The van der Waals surface area contributed by atoms with E-state index in [1.165, 1.54) is 21.7 Å². The fourth-order valence-electron chi connectivity index (χ4n) is 6.53. The van der Waals surface area contributed by atoms with E-state index < -0.39 is 0 Å². The summed E-state index contributed by atoms with van der Waals surface area (Å²) in [6.07, 6.45) is 9.28. The molecule has 0 aliphatic heterocycles. The molecule has 0 bridgehead atoms. The minimum Gasteiger partial charge on any atom is -0.322 e. The number of amides is 1. The van der Waals surface area contributed by atoms with Crippen LogP contribution in [-0.4, -0.2) is 16.7 Å². The number of aromatic nitrogens is 1. The number of aliphatic imine (C=N–C) groups is 1. The van der Waals surface area contributed by atoms with Crippen LogP contribution in [-0.2, 0) is 25.7 Å². The minimum atomic E-state index is -0.0895. The number of nitriles is 1. The smallest absolute Gasteiger partial charge is 0.259 e. The van der Waals surface area contributed by atoms with Crippen molar-refractivity contribution in [1.29, 1.82) is 5.26 Å². The van der Waals surface area contributed by atoms with Crippen molar-refractivity contribution in [2.45, 2.75) is 79.6 Å². The second kappa shape index (κ2) is 11.3. The Morgan fingerprint density at radius 3 is 2.57 bits per heavy atom. The third kappa shape index (κ3) is 5.27. The summed E-state index contributed by atoms with van der Waals surface area (Å²) in [7, 11) is 0. The number of fused-ring (bicyclic) bond motifs is 2. The first-order valence-corrected chi connectivity index (χ1v) is 16.6. The number of hydrogen-bond acceptors (Lipinski definition) is 5. The van der Waals surface area contributed by atoms with Crippen molar-refractivity contribution >= 4 is 45.5 Å². The lowest BCUT2D eigenvalue weighted by atomic mass is 9.72. The number of aryl methyl sites for hydroxylation is 2. The van der Waals surface area contributed by atoms with E-state index in [1.807, 2.05) is 36.5 Å². The maximum atomic E-state index is 13.7. The van der Waals surface area contributed by atoms with Crippen LogP contribution in [0, 0.1) is 36.5 Å². The summed E-state index contributed by atoms with van der Waals surface area (Å²) >= 11 is 3.44. The molecule has 1 amide bonds. The first kappa shape index (κ1) is 28.6. The lowest BCUT2D eigenvalue weighted by Crippen LogP contribution is -2.27. The summed E-state index contributed by atoms with van der Waals surface area (Å²) in [6, 6.07) is 14.3. The molecule has 0 saturated carbocycles. The van der Waals surface area contributed by atoms with E-state index in [4.69, 9.17) is 4.99 Å². The van der Waals surface area contributed by atoms with E-state index in [2.05, 4.69) is 56.6 Å². The predicted octanol–water partition coefficient (Wildman–Crippen LogP) is 9.12. The highest BCUT2D eigenvalue weighted by atomic mass is 32.1. The van der Waals surface area contributed by atoms with Crippen LogP contribution in [0.5, 0.6) is 0 Å². The van der Waals surface area contributed by atoms with Crippen molar-refractivity contribution in [3.05, 3.63) is 85.4 Å². The van der Waals surface area contributed by atoms with Crippen LogP contribution in [0.25, 0.3) is 5.00 Å². The zero-order valence-electron chi connectivity index (χ0n) is 25.1. The Morgan fingerprint density at radius 2 is 1.83 bits per heavy atom. The molecule has 5 nitrogen and oxygen atoms in total. The summed E-state index contributed by atoms with van der Waals surface area (Å²) in [5.41, 5.74) is 8.13. The largest absolute Gasteiger partial charge is 0.322 e. The molecule has 0 radical (unpaired) electrons. The van der Waals surface area contributed by atoms with E-state index in [1.54, 1.807) is 22.7 Å². The first-order chi connectivity index (χ1) is 20.2. The molecular formula is C35H38N4OS2. The van der Waals surface area contributed by atoms with Crippen LogP contribution in [0.3, 0.4) is 0 Å². The third-order valence-corrected chi connectivity index (χ3v) is 11.4. The molecule has 3 aromatic heterocycles. The van der Waals surface area contributed by atoms with Crippen molar-refractivity contribution in [2.24, 2.45) is 16.3 Å². The molecule has 6 rings (SSSR count). The number of benzene rings is 1. The molecule has 1 aromatic carbocycles. The summed E-state index contributed by atoms with van der Waals surface area (Å²) in [5.74, 6) is 0.490. The molecular weight excluding hydrogens is 557 g/mol. The molecule has 0 saturated heterocycles. The van der Waals surface area contributed by atoms with Gasteiger partial charge in [0, 0.05) is 38.6 Å². The van der Waals surface area contributed by atoms with E-state index in [0.717, 1.165) is 82.3 Å². The Labute approximate surface area is 256 Å². The van der Waals surface area contributed by atoms with Gasteiger partial charge in [-0.2, -0.15) is 5.26 Å². The van der Waals surface area contributed by atoms with Gasteiger partial charge in [-0.05, 0) is 99.5 Å². The topological polar surface area (TPSA) is 70.2 Å². The SMILES string of the molecule is Cc1cc(C=Nc2sc3c(c2C(=O)Nc2ccccc2)CC[C@@H](C(C)(C)C)C3)c(C)n1-c1sc2c(c1C#N)CCCC2. The van der Waals surface area contributed by atoms with E-state index in [0.29, 0.717) is 11.5 Å². The normalized spacial score (nSPS) is 16.7. The molecule has 0 unspecified atom stereocenters. The van der Waals surface area contributed by atoms with Gasteiger partial charge >= 0.3 is 0 Å². The van der Waals surface area contributed by atoms with Crippen LogP contribution >= 0.6 is 22.7 Å². The number of carbonyl (C=O) groups is 1. The van der Waals surface area contributed by atoms with E-state index in [-0.39, 0.29) is 11.3 Å².